The van der Waals surface area contributed by atoms with Gasteiger partial charge in [0, 0.05) is 0 Å². The van der Waals surface area contributed by atoms with Crippen LogP contribution in [0.5, 0.6) is 0 Å². The van der Waals surface area contributed by atoms with Gasteiger partial charge in [-0.3, -0.25) is 0 Å². The molecular weight excluding hydrogens is 152 g/mol. The van der Waals surface area contributed by atoms with Crippen molar-refractivity contribution in [2.75, 3.05) is 0 Å². The second kappa shape index (κ2) is 4.07. The third kappa shape index (κ3) is 2.05. The average Bonchev–Trinajstić information content (AvgIpc) is 2.15. The summed E-state index contributed by atoms with van der Waals surface area (Å²) < 4.78 is 0. The maximum absolute atomic E-state index is 9.78. The molecule has 0 unspecified atom stereocenters. The van der Waals surface area contributed by atoms with Crippen molar-refractivity contribution in [3.05, 3.63) is 35.4 Å². The van der Waals surface area contributed by atoms with Crippen molar-refractivity contribution in [2.24, 2.45) is 4.99 Å². The van der Waals surface area contributed by atoms with Gasteiger partial charge in [0.05, 0.1) is 18.2 Å². The molecular formula is C9H6N2O. The molecule has 1 rings (SSSR count). The van der Waals surface area contributed by atoms with E-state index in [1.807, 2.05) is 12.1 Å². The Morgan fingerprint density at radius 2 is 2.33 bits per heavy atom. The minimum absolute atomic E-state index is 0.291. The molecule has 0 aliphatic heterocycles. The summed E-state index contributed by atoms with van der Waals surface area (Å²) >= 11 is 0. The molecule has 58 valence electrons. The van der Waals surface area contributed by atoms with Crippen LogP contribution >= 0.6 is 0 Å². The van der Waals surface area contributed by atoms with Crippen molar-refractivity contribution < 1.29 is 4.79 Å². The molecule has 1 aromatic rings. The van der Waals surface area contributed by atoms with Gasteiger partial charge in [-0.2, -0.15) is 5.26 Å². The monoisotopic (exact) mass is 158 g/mol. The third-order valence-electron chi connectivity index (χ3n) is 1.38. The van der Waals surface area contributed by atoms with E-state index in [1.54, 1.807) is 18.2 Å². The summed E-state index contributed by atoms with van der Waals surface area (Å²) in [5.74, 6) is 0. The van der Waals surface area contributed by atoms with Gasteiger partial charge in [-0.25, -0.2) is 9.79 Å². The second-order valence-electron chi connectivity index (χ2n) is 2.22. The fourth-order valence-electron chi connectivity index (χ4n) is 0.863. The lowest BCUT2D eigenvalue weighted by Crippen LogP contribution is -1.82. The van der Waals surface area contributed by atoms with E-state index < -0.39 is 0 Å². The summed E-state index contributed by atoms with van der Waals surface area (Å²) in [4.78, 5) is 13.2. The summed E-state index contributed by atoms with van der Waals surface area (Å²) in [5.41, 5.74) is 1.42. The molecule has 12 heavy (non-hydrogen) atoms. The van der Waals surface area contributed by atoms with E-state index in [2.05, 4.69) is 4.99 Å². The van der Waals surface area contributed by atoms with Crippen LogP contribution < -0.4 is 0 Å². The summed E-state index contributed by atoms with van der Waals surface area (Å²) in [5, 5.41) is 8.53. The van der Waals surface area contributed by atoms with Crippen molar-refractivity contribution >= 4 is 6.08 Å². The van der Waals surface area contributed by atoms with Gasteiger partial charge in [0.1, 0.15) is 0 Å². The molecule has 0 N–H and O–H groups in total. The Labute approximate surface area is 70.0 Å². The Balaban J connectivity index is 2.88. The minimum atomic E-state index is 0.291. The van der Waals surface area contributed by atoms with Crippen LogP contribution in [0.4, 0.5) is 0 Å². The Morgan fingerprint density at radius 1 is 1.50 bits per heavy atom. The molecule has 0 saturated heterocycles. The number of hydrogen-bond acceptors (Lipinski definition) is 3. The molecule has 0 aromatic heterocycles. The zero-order valence-corrected chi connectivity index (χ0v) is 6.32. The molecule has 0 fully saturated rings. The van der Waals surface area contributed by atoms with Gasteiger partial charge in [0.2, 0.25) is 6.08 Å². The van der Waals surface area contributed by atoms with E-state index in [0.717, 1.165) is 5.56 Å². The predicted octanol–water partition coefficient (Wildman–Crippen LogP) is 1.39. The number of aliphatic imine (C=N–C) groups is 1. The van der Waals surface area contributed by atoms with Crippen LogP contribution in [0.2, 0.25) is 0 Å². The van der Waals surface area contributed by atoms with Crippen LogP contribution in [0.1, 0.15) is 11.1 Å². The maximum atomic E-state index is 9.78. The predicted molar refractivity (Wildman–Crippen MR) is 43.0 cm³/mol. The standard InChI is InChI=1S/C9H6N2O/c10-5-8-2-1-3-9(4-8)6-11-7-12/h1-4H,6H2. The van der Waals surface area contributed by atoms with Crippen LogP contribution in [-0.2, 0) is 11.3 Å². The van der Waals surface area contributed by atoms with Crippen LogP contribution in [0.3, 0.4) is 0 Å². The van der Waals surface area contributed by atoms with E-state index in [-0.39, 0.29) is 0 Å². The molecule has 0 radical (unpaired) electrons. The summed E-state index contributed by atoms with van der Waals surface area (Å²) in [6.45, 7) is 0.291. The fourth-order valence-corrected chi connectivity index (χ4v) is 0.863. The zero-order valence-electron chi connectivity index (χ0n) is 6.32. The first-order valence-corrected chi connectivity index (χ1v) is 3.39. The topological polar surface area (TPSA) is 53.2 Å². The normalized spacial score (nSPS) is 8.25. The molecule has 0 aliphatic carbocycles. The number of benzene rings is 1. The molecule has 1 aromatic carbocycles. The number of carbonyl (C=O) groups excluding carboxylic acids is 1. The van der Waals surface area contributed by atoms with Crippen molar-refractivity contribution in [1.29, 1.82) is 5.26 Å². The molecule has 3 heteroatoms. The molecule has 0 spiro atoms. The van der Waals surface area contributed by atoms with Gasteiger partial charge >= 0.3 is 0 Å². The van der Waals surface area contributed by atoms with Crippen LogP contribution in [0.15, 0.2) is 29.3 Å². The smallest absolute Gasteiger partial charge is 0.211 e. The third-order valence-corrected chi connectivity index (χ3v) is 1.38. The van der Waals surface area contributed by atoms with Crippen molar-refractivity contribution in [1.82, 2.24) is 0 Å². The SMILES string of the molecule is N#Cc1cccc(CN=C=O)c1. The van der Waals surface area contributed by atoms with Crippen molar-refractivity contribution in [3.8, 4) is 6.07 Å². The number of nitrogens with zero attached hydrogens (tertiary/aromatic N) is 2. The van der Waals surface area contributed by atoms with Gasteiger partial charge < -0.3 is 0 Å². The van der Waals surface area contributed by atoms with Gasteiger partial charge in [-0.15, -0.1) is 0 Å². The summed E-state index contributed by atoms with van der Waals surface area (Å²) in [7, 11) is 0. The zero-order chi connectivity index (χ0) is 8.81. The first kappa shape index (κ1) is 8.19. The highest BCUT2D eigenvalue weighted by molar-refractivity contribution is 5.36. The van der Waals surface area contributed by atoms with Crippen LogP contribution in [0.25, 0.3) is 0 Å². The van der Waals surface area contributed by atoms with Crippen LogP contribution in [0, 0.1) is 11.3 Å². The lowest BCUT2D eigenvalue weighted by molar-refractivity contribution is 0.563. The van der Waals surface area contributed by atoms with E-state index in [9.17, 15) is 4.79 Å². The molecule has 0 heterocycles. The van der Waals surface area contributed by atoms with Crippen LogP contribution in [-0.4, -0.2) is 6.08 Å². The molecule has 0 atom stereocenters. The average molecular weight is 158 g/mol. The number of rotatable bonds is 2. The van der Waals surface area contributed by atoms with Gasteiger partial charge in [-0.1, -0.05) is 12.1 Å². The Kier molecular flexibility index (Phi) is 2.78. The highest BCUT2D eigenvalue weighted by Crippen LogP contribution is 2.04. The Bertz CT molecular complexity index is 359. The van der Waals surface area contributed by atoms with E-state index in [1.165, 1.54) is 6.08 Å². The minimum Gasteiger partial charge on any atom is -0.211 e. The summed E-state index contributed by atoms with van der Waals surface area (Å²) in [6, 6.07) is 8.97. The van der Waals surface area contributed by atoms with Crippen molar-refractivity contribution in [2.45, 2.75) is 6.54 Å². The molecule has 0 saturated carbocycles. The van der Waals surface area contributed by atoms with E-state index >= 15 is 0 Å². The highest BCUT2D eigenvalue weighted by Gasteiger charge is 1.92. The quantitative estimate of drug-likeness (QED) is 0.482. The second-order valence-corrected chi connectivity index (χ2v) is 2.22. The number of nitriles is 1. The molecule has 0 amide bonds. The lowest BCUT2D eigenvalue weighted by Gasteiger charge is -1.93. The molecule has 3 nitrogen and oxygen atoms in total. The Morgan fingerprint density at radius 3 is 3.00 bits per heavy atom. The van der Waals surface area contributed by atoms with Gasteiger partial charge in [-0.05, 0) is 17.7 Å². The maximum Gasteiger partial charge on any atom is 0.235 e. The number of isocyanates is 1. The van der Waals surface area contributed by atoms with E-state index in [0.29, 0.717) is 12.1 Å². The highest BCUT2D eigenvalue weighted by atomic mass is 16.1. The largest absolute Gasteiger partial charge is 0.235 e. The first-order chi connectivity index (χ1) is 5.86. The van der Waals surface area contributed by atoms with E-state index in [4.69, 9.17) is 5.26 Å². The van der Waals surface area contributed by atoms with Crippen molar-refractivity contribution in [3.63, 3.8) is 0 Å². The first-order valence-electron chi connectivity index (χ1n) is 3.39. The molecule has 0 bridgehead atoms. The van der Waals surface area contributed by atoms with Gasteiger partial charge in [0.25, 0.3) is 0 Å². The Hall–Kier alpha value is -1.91. The summed E-state index contributed by atoms with van der Waals surface area (Å²) in [6.07, 6.45) is 1.45. The lowest BCUT2D eigenvalue weighted by atomic mass is 10.1. The molecule has 0 aliphatic rings. The van der Waals surface area contributed by atoms with Gasteiger partial charge in [0.15, 0.2) is 0 Å². The number of hydrogen-bond donors (Lipinski definition) is 0. The fraction of sp³-hybridized carbons (Fsp3) is 0.111.